The number of allylic oxidation sites excluding steroid dienone is 6. The van der Waals surface area contributed by atoms with Gasteiger partial charge < -0.3 is 64.2 Å². The van der Waals surface area contributed by atoms with Gasteiger partial charge in [0.15, 0.2) is 18.7 Å². The zero-order chi connectivity index (χ0) is 52.4. The molecule has 2 saturated heterocycles. The summed E-state index contributed by atoms with van der Waals surface area (Å²) < 4.78 is 33.7. The normalized spacial score (nSPS) is 25.2. The zero-order valence-electron chi connectivity index (χ0n) is 44.7. The van der Waals surface area contributed by atoms with Crippen molar-refractivity contribution in [3.63, 3.8) is 0 Å². The van der Waals surface area contributed by atoms with Gasteiger partial charge in [0.2, 0.25) is 0 Å². The van der Waals surface area contributed by atoms with Crippen LogP contribution in [-0.2, 0) is 38.0 Å². The number of esters is 2. The molecule has 0 amide bonds. The van der Waals surface area contributed by atoms with E-state index in [9.17, 15) is 45.3 Å². The number of carbonyl (C=O) groups is 2. The molecule has 0 bridgehead atoms. The highest BCUT2D eigenvalue weighted by Crippen LogP contribution is 2.27. The molecular formula is C57H102O15. The van der Waals surface area contributed by atoms with Gasteiger partial charge >= 0.3 is 11.9 Å². The minimum absolute atomic E-state index is 0.160. The van der Waals surface area contributed by atoms with Crippen LogP contribution in [0.15, 0.2) is 36.5 Å². The minimum Gasteiger partial charge on any atom is -0.462 e. The summed E-state index contributed by atoms with van der Waals surface area (Å²) in [6.45, 7) is 2.58. The standard InChI is InChI=1S/C57H102O15/c1-3-5-7-9-11-13-15-17-19-21-22-24-26-28-30-32-34-36-38-40-49(60)70-45(42-67-48(59)39-37-35-33-31-29-27-25-23-20-18-16-14-12-10-8-6-4-2)43-68-56-55(66)53(64)51(62)47(72-56)44-69-57-54(65)52(63)50(61)46(41-58)71-57/h11,13,17-20,45-47,50-58,61-66H,3-10,12,14-16,21-44H2,1-2H3/b13-11-,19-17-,20-18-. The van der Waals surface area contributed by atoms with Crippen LogP contribution in [-0.4, -0.2) is 142 Å². The number of unbranched alkanes of at least 4 members (excludes halogenated alkanes) is 25. The topological polar surface area (TPSA) is 231 Å². The maximum absolute atomic E-state index is 13.1. The van der Waals surface area contributed by atoms with Gasteiger partial charge in [0.05, 0.1) is 19.8 Å². The molecule has 0 radical (unpaired) electrons. The lowest BCUT2D eigenvalue weighted by Gasteiger charge is -2.42. The van der Waals surface area contributed by atoms with Crippen LogP contribution >= 0.6 is 0 Å². The smallest absolute Gasteiger partial charge is 0.306 e. The van der Waals surface area contributed by atoms with Crippen molar-refractivity contribution in [1.82, 2.24) is 0 Å². The summed E-state index contributed by atoms with van der Waals surface area (Å²) in [5.41, 5.74) is 0. The molecule has 2 rings (SSSR count). The van der Waals surface area contributed by atoms with E-state index in [1.165, 1.54) is 116 Å². The lowest BCUT2D eigenvalue weighted by molar-refractivity contribution is -0.332. The predicted octanol–water partition coefficient (Wildman–Crippen LogP) is 9.27. The van der Waals surface area contributed by atoms with Crippen LogP contribution in [0.1, 0.15) is 219 Å². The Bertz CT molecular complexity index is 1390. The molecule has 2 fully saturated rings. The molecule has 420 valence electrons. The van der Waals surface area contributed by atoms with Gasteiger partial charge in [0, 0.05) is 12.8 Å². The van der Waals surface area contributed by atoms with Crippen molar-refractivity contribution < 1.29 is 73.8 Å². The van der Waals surface area contributed by atoms with Gasteiger partial charge in [-0.1, -0.05) is 172 Å². The van der Waals surface area contributed by atoms with Gasteiger partial charge in [-0.2, -0.15) is 0 Å². The van der Waals surface area contributed by atoms with E-state index in [4.69, 9.17) is 28.4 Å². The van der Waals surface area contributed by atoms with E-state index >= 15 is 0 Å². The van der Waals surface area contributed by atoms with Crippen molar-refractivity contribution in [2.24, 2.45) is 0 Å². The van der Waals surface area contributed by atoms with E-state index in [1.54, 1.807) is 0 Å². The Kier molecular flexibility index (Phi) is 40.1. The summed E-state index contributed by atoms with van der Waals surface area (Å²) in [5.74, 6) is -0.928. The van der Waals surface area contributed by atoms with Crippen molar-refractivity contribution in [2.45, 2.75) is 287 Å². The number of rotatable bonds is 45. The Morgan fingerprint density at radius 1 is 0.444 bits per heavy atom. The molecule has 0 aromatic rings. The van der Waals surface area contributed by atoms with Crippen LogP contribution in [0.4, 0.5) is 0 Å². The lowest BCUT2D eigenvalue weighted by atomic mass is 9.98. The average molecular weight is 1030 g/mol. The molecule has 72 heavy (non-hydrogen) atoms. The van der Waals surface area contributed by atoms with Crippen molar-refractivity contribution in [2.75, 3.05) is 26.4 Å². The summed E-state index contributed by atoms with van der Waals surface area (Å²) in [7, 11) is 0. The maximum atomic E-state index is 13.1. The largest absolute Gasteiger partial charge is 0.462 e. The molecule has 15 heteroatoms. The van der Waals surface area contributed by atoms with E-state index in [-0.39, 0.29) is 26.1 Å². The summed E-state index contributed by atoms with van der Waals surface area (Å²) in [6.07, 6.45) is 31.6. The molecule has 7 N–H and O–H groups in total. The number of hydrogen-bond donors (Lipinski definition) is 7. The summed E-state index contributed by atoms with van der Waals surface area (Å²) in [6, 6.07) is 0. The first-order valence-corrected chi connectivity index (χ1v) is 28.6. The van der Waals surface area contributed by atoms with Gasteiger partial charge in [-0.25, -0.2) is 0 Å². The van der Waals surface area contributed by atoms with Crippen molar-refractivity contribution in [3.05, 3.63) is 36.5 Å². The average Bonchev–Trinajstić information content (AvgIpc) is 3.37. The predicted molar refractivity (Wildman–Crippen MR) is 280 cm³/mol. The number of aliphatic hydroxyl groups is 7. The van der Waals surface area contributed by atoms with E-state index in [2.05, 4.69) is 50.3 Å². The molecule has 2 aliphatic rings. The second-order valence-corrected chi connectivity index (χ2v) is 20.1. The van der Waals surface area contributed by atoms with Gasteiger partial charge in [0.25, 0.3) is 0 Å². The first kappa shape index (κ1) is 65.8. The Balaban J connectivity index is 1.77. The Labute approximate surface area is 434 Å². The van der Waals surface area contributed by atoms with E-state index in [1.807, 2.05) is 0 Å². The highest BCUT2D eigenvalue weighted by Gasteiger charge is 2.47. The number of aliphatic hydroxyl groups excluding tert-OH is 7. The Morgan fingerprint density at radius 2 is 0.833 bits per heavy atom. The SMILES string of the molecule is CCCCC/C=C\C/C=C\CCCCCCCCCCCC(=O)OC(COC(=O)CCCCCCCCC/C=C\CCCCCCCC)COC1OC(COC2OC(CO)C(O)C(O)C2O)C(O)C(O)C1O. The van der Waals surface area contributed by atoms with Crippen molar-refractivity contribution >= 4 is 11.9 Å². The van der Waals surface area contributed by atoms with Crippen LogP contribution in [0, 0.1) is 0 Å². The fourth-order valence-electron chi connectivity index (χ4n) is 8.89. The highest BCUT2D eigenvalue weighted by molar-refractivity contribution is 5.70. The Hall–Kier alpha value is -2.28. The molecule has 2 heterocycles. The first-order valence-electron chi connectivity index (χ1n) is 28.6. The molecule has 0 aromatic carbocycles. The fraction of sp³-hybridized carbons (Fsp3) is 0.860. The molecule has 11 unspecified atom stereocenters. The van der Waals surface area contributed by atoms with Gasteiger partial charge in [-0.15, -0.1) is 0 Å². The lowest BCUT2D eigenvalue weighted by Crippen LogP contribution is -2.61. The molecule has 0 spiro atoms. The van der Waals surface area contributed by atoms with E-state index in [0.717, 1.165) is 64.2 Å². The molecule has 0 saturated carbocycles. The third-order valence-electron chi connectivity index (χ3n) is 13.6. The first-order chi connectivity index (χ1) is 35.0. The van der Waals surface area contributed by atoms with Crippen molar-refractivity contribution in [3.8, 4) is 0 Å². The third kappa shape index (κ3) is 30.9. The van der Waals surface area contributed by atoms with Crippen molar-refractivity contribution in [1.29, 1.82) is 0 Å². The van der Waals surface area contributed by atoms with Crippen LogP contribution in [0.2, 0.25) is 0 Å². The second-order valence-electron chi connectivity index (χ2n) is 20.1. The summed E-state index contributed by atoms with van der Waals surface area (Å²) in [5, 5.41) is 72.2. The minimum atomic E-state index is -1.77. The van der Waals surface area contributed by atoms with E-state index in [0.29, 0.717) is 12.8 Å². The van der Waals surface area contributed by atoms with Crippen LogP contribution in [0.25, 0.3) is 0 Å². The monoisotopic (exact) mass is 1030 g/mol. The van der Waals surface area contributed by atoms with Crippen LogP contribution in [0.3, 0.4) is 0 Å². The quantitative estimate of drug-likeness (QED) is 0.0171. The number of hydrogen-bond acceptors (Lipinski definition) is 15. The molecule has 0 aliphatic carbocycles. The van der Waals surface area contributed by atoms with Gasteiger partial charge in [-0.3, -0.25) is 9.59 Å². The van der Waals surface area contributed by atoms with Gasteiger partial charge in [0.1, 0.15) is 55.4 Å². The third-order valence-corrected chi connectivity index (χ3v) is 13.6. The van der Waals surface area contributed by atoms with Crippen LogP contribution < -0.4 is 0 Å². The molecule has 11 atom stereocenters. The zero-order valence-corrected chi connectivity index (χ0v) is 44.7. The summed E-state index contributed by atoms with van der Waals surface area (Å²) in [4.78, 5) is 25.9. The second kappa shape index (κ2) is 43.9. The summed E-state index contributed by atoms with van der Waals surface area (Å²) >= 11 is 0. The fourth-order valence-corrected chi connectivity index (χ4v) is 8.89. The highest BCUT2D eigenvalue weighted by atomic mass is 16.7. The molecule has 0 aromatic heterocycles. The number of ether oxygens (including phenoxy) is 6. The molecule has 2 aliphatic heterocycles. The number of carbonyl (C=O) groups excluding carboxylic acids is 2. The molecular weight excluding hydrogens is 925 g/mol. The Morgan fingerprint density at radius 3 is 1.33 bits per heavy atom. The molecule has 15 nitrogen and oxygen atoms in total. The van der Waals surface area contributed by atoms with Gasteiger partial charge in [-0.05, 0) is 70.6 Å². The maximum Gasteiger partial charge on any atom is 0.306 e. The van der Waals surface area contributed by atoms with E-state index < -0.39 is 92.7 Å². The van der Waals surface area contributed by atoms with Crippen LogP contribution in [0.5, 0.6) is 0 Å².